The molecule has 1 saturated heterocycles. The van der Waals surface area contributed by atoms with Crippen molar-refractivity contribution in [2.24, 2.45) is 7.05 Å². The molecule has 0 bridgehead atoms. The maximum absolute atomic E-state index is 12.4. The van der Waals surface area contributed by atoms with Crippen LogP contribution in [0.3, 0.4) is 0 Å². The highest BCUT2D eigenvalue weighted by molar-refractivity contribution is 7.99. The third-order valence-electron chi connectivity index (χ3n) is 4.38. The number of non-ortho nitro benzene ring substituents is 1. The molecule has 1 fully saturated rings. The molecule has 0 N–H and O–H groups in total. The van der Waals surface area contributed by atoms with Gasteiger partial charge in [-0.2, -0.15) is 0 Å². The third kappa shape index (κ3) is 3.75. The number of thioether (sulfide) groups is 1. The fourth-order valence-corrected chi connectivity index (χ4v) is 4.66. The number of hydrogen-bond donors (Lipinski definition) is 0. The van der Waals surface area contributed by atoms with E-state index >= 15 is 0 Å². The number of aromatic nitrogens is 5. The van der Waals surface area contributed by atoms with Gasteiger partial charge in [0.25, 0.3) is 5.69 Å². The largest absolute Gasteiger partial charge is 0.345 e. The van der Waals surface area contributed by atoms with E-state index in [1.807, 2.05) is 4.90 Å². The van der Waals surface area contributed by atoms with Gasteiger partial charge >= 0.3 is 0 Å². The van der Waals surface area contributed by atoms with E-state index in [-0.39, 0.29) is 11.6 Å². The molecule has 2 aromatic heterocycles. The molecule has 13 heteroatoms. The van der Waals surface area contributed by atoms with Crippen LogP contribution in [-0.2, 0) is 11.8 Å². The summed E-state index contributed by atoms with van der Waals surface area (Å²) in [5.74, 6) is 0.339. The number of carbonyl (C=O) groups excluding carboxylic acids is 1. The standard InChI is InChI=1S/C15H16N8O3S2/c1-20-15(17-18-19-20)27-9-13(24)21-4-6-22(7-5-21)14-16-11-3-2-10(23(25)26)8-12(11)28-14/h2-3,8H,4-7,9H2,1H3. The molecule has 146 valence electrons. The number of thiazole rings is 1. The van der Waals surface area contributed by atoms with Crippen LogP contribution in [0.5, 0.6) is 0 Å². The molecule has 3 aromatic rings. The summed E-state index contributed by atoms with van der Waals surface area (Å²) in [5, 5.41) is 23.5. The van der Waals surface area contributed by atoms with Gasteiger partial charge in [-0.05, 0) is 16.5 Å². The van der Waals surface area contributed by atoms with Gasteiger partial charge < -0.3 is 9.80 Å². The van der Waals surface area contributed by atoms with Crippen molar-refractivity contribution in [3.63, 3.8) is 0 Å². The van der Waals surface area contributed by atoms with Crippen LogP contribution in [0.25, 0.3) is 10.2 Å². The van der Waals surface area contributed by atoms with Crippen molar-refractivity contribution in [3.05, 3.63) is 28.3 Å². The maximum atomic E-state index is 12.4. The molecule has 11 nitrogen and oxygen atoms in total. The molecule has 0 aliphatic carbocycles. The molecule has 0 saturated carbocycles. The maximum Gasteiger partial charge on any atom is 0.270 e. The van der Waals surface area contributed by atoms with E-state index in [0.717, 1.165) is 15.3 Å². The highest BCUT2D eigenvalue weighted by atomic mass is 32.2. The van der Waals surface area contributed by atoms with E-state index in [9.17, 15) is 14.9 Å². The number of anilines is 1. The van der Waals surface area contributed by atoms with Crippen molar-refractivity contribution in [3.8, 4) is 0 Å². The van der Waals surface area contributed by atoms with E-state index in [4.69, 9.17) is 0 Å². The van der Waals surface area contributed by atoms with E-state index < -0.39 is 4.92 Å². The Morgan fingerprint density at radius 2 is 2.11 bits per heavy atom. The normalized spacial score (nSPS) is 14.6. The Hall–Kier alpha value is -2.80. The van der Waals surface area contributed by atoms with Crippen LogP contribution in [-0.4, -0.2) is 72.9 Å². The molecule has 1 amide bonds. The number of fused-ring (bicyclic) bond motifs is 1. The molecular formula is C15H16N8O3S2. The van der Waals surface area contributed by atoms with E-state index in [1.54, 1.807) is 19.2 Å². The fraction of sp³-hybridized carbons (Fsp3) is 0.400. The van der Waals surface area contributed by atoms with Gasteiger partial charge in [0.2, 0.25) is 11.1 Å². The summed E-state index contributed by atoms with van der Waals surface area (Å²) in [5.41, 5.74) is 0.812. The topological polar surface area (TPSA) is 123 Å². The summed E-state index contributed by atoms with van der Waals surface area (Å²) < 4.78 is 2.32. The van der Waals surface area contributed by atoms with Gasteiger partial charge in [0.05, 0.1) is 20.9 Å². The Morgan fingerprint density at radius 1 is 1.32 bits per heavy atom. The van der Waals surface area contributed by atoms with Crippen molar-refractivity contribution in [1.82, 2.24) is 30.1 Å². The molecule has 1 aliphatic heterocycles. The Kier molecular flexibility index (Phi) is 5.09. The summed E-state index contributed by atoms with van der Waals surface area (Å²) in [4.78, 5) is 31.5. The second-order valence-corrected chi connectivity index (χ2v) is 8.10. The Balaban J connectivity index is 1.36. The minimum absolute atomic E-state index is 0.0487. The van der Waals surface area contributed by atoms with E-state index in [0.29, 0.717) is 37.1 Å². The van der Waals surface area contributed by atoms with Gasteiger partial charge in [-0.25, -0.2) is 9.67 Å². The number of tetrazole rings is 1. The second kappa shape index (κ2) is 7.67. The molecule has 28 heavy (non-hydrogen) atoms. The number of piperazine rings is 1. The predicted molar refractivity (Wildman–Crippen MR) is 105 cm³/mol. The lowest BCUT2D eigenvalue weighted by Gasteiger charge is -2.34. The minimum Gasteiger partial charge on any atom is -0.345 e. The zero-order valence-corrected chi connectivity index (χ0v) is 16.5. The van der Waals surface area contributed by atoms with Gasteiger partial charge in [0, 0.05) is 45.4 Å². The first-order chi connectivity index (χ1) is 13.5. The lowest BCUT2D eigenvalue weighted by atomic mass is 10.3. The summed E-state index contributed by atoms with van der Waals surface area (Å²) in [6.07, 6.45) is 0. The molecule has 0 atom stereocenters. The number of hydrogen-bond acceptors (Lipinski definition) is 10. The third-order valence-corrected chi connectivity index (χ3v) is 6.45. The molecule has 0 unspecified atom stereocenters. The van der Waals surface area contributed by atoms with Crippen LogP contribution in [0.4, 0.5) is 10.8 Å². The summed E-state index contributed by atoms with van der Waals surface area (Å²) in [7, 11) is 1.73. The van der Waals surface area contributed by atoms with Crippen molar-refractivity contribution >= 4 is 50.0 Å². The molecule has 4 rings (SSSR count). The number of amides is 1. The quantitative estimate of drug-likeness (QED) is 0.340. The Morgan fingerprint density at radius 3 is 2.79 bits per heavy atom. The van der Waals surface area contributed by atoms with Crippen molar-refractivity contribution in [1.29, 1.82) is 0 Å². The van der Waals surface area contributed by atoms with Crippen LogP contribution in [0.1, 0.15) is 0 Å². The first-order valence-electron chi connectivity index (χ1n) is 8.44. The van der Waals surface area contributed by atoms with Crippen LogP contribution < -0.4 is 4.90 Å². The van der Waals surface area contributed by atoms with Gasteiger partial charge in [0.1, 0.15) is 0 Å². The monoisotopic (exact) mass is 420 g/mol. The summed E-state index contributed by atoms with van der Waals surface area (Å²) in [6, 6.07) is 4.69. The molecule has 1 aromatic carbocycles. The Labute approximate surface area is 167 Å². The van der Waals surface area contributed by atoms with Crippen molar-refractivity contribution in [2.75, 3.05) is 36.8 Å². The average Bonchev–Trinajstić information content (AvgIpc) is 3.31. The SMILES string of the molecule is Cn1nnnc1SCC(=O)N1CCN(c2nc3ccc([N+](=O)[O-])cc3s2)CC1. The molecule has 0 spiro atoms. The van der Waals surface area contributed by atoms with Crippen LogP contribution in [0.2, 0.25) is 0 Å². The van der Waals surface area contributed by atoms with Crippen LogP contribution >= 0.6 is 23.1 Å². The Bertz CT molecular complexity index is 1030. The number of rotatable bonds is 5. The predicted octanol–water partition coefficient (Wildman–Crippen LogP) is 1.17. The lowest BCUT2D eigenvalue weighted by Crippen LogP contribution is -2.49. The summed E-state index contributed by atoms with van der Waals surface area (Å²) >= 11 is 2.75. The van der Waals surface area contributed by atoms with E-state index in [1.165, 1.54) is 33.8 Å². The smallest absolute Gasteiger partial charge is 0.270 e. The minimum atomic E-state index is -0.404. The summed E-state index contributed by atoms with van der Waals surface area (Å²) in [6.45, 7) is 2.55. The lowest BCUT2D eigenvalue weighted by molar-refractivity contribution is -0.384. The molecule has 3 heterocycles. The first kappa shape index (κ1) is 18.6. The van der Waals surface area contributed by atoms with Crippen molar-refractivity contribution < 1.29 is 9.72 Å². The molecule has 0 radical (unpaired) electrons. The number of nitro benzene ring substituents is 1. The van der Waals surface area contributed by atoms with Crippen molar-refractivity contribution in [2.45, 2.75) is 5.16 Å². The molecular weight excluding hydrogens is 404 g/mol. The number of nitro groups is 1. The number of nitrogens with zero attached hydrogens (tertiary/aromatic N) is 8. The molecule has 1 aliphatic rings. The number of aryl methyl sites for hydroxylation is 1. The highest BCUT2D eigenvalue weighted by Gasteiger charge is 2.24. The van der Waals surface area contributed by atoms with Gasteiger partial charge in [-0.15, -0.1) is 5.10 Å². The first-order valence-corrected chi connectivity index (χ1v) is 10.2. The zero-order valence-electron chi connectivity index (χ0n) is 14.9. The zero-order chi connectivity index (χ0) is 19.7. The van der Waals surface area contributed by atoms with Crippen LogP contribution in [0.15, 0.2) is 23.4 Å². The second-order valence-electron chi connectivity index (χ2n) is 6.15. The average molecular weight is 420 g/mol. The highest BCUT2D eigenvalue weighted by Crippen LogP contribution is 2.31. The van der Waals surface area contributed by atoms with Crippen LogP contribution in [0, 0.1) is 10.1 Å². The van der Waals surface area contributed by atoms with Gasteiger partial charge in [-0.1, -0.05) is 23.1 Å². The van der Waals surface area contributed by atoms with E-state index in [2.05, 4.69) is 25.4 Å². The van der Waals surface area contributed by atoms with Gasteiger partial charge in [-0.3, -0.25) is 14.9 Å². The fourth-order valence-electron chi connectivity index (χ4n) is 2.86. The number of carbonyl (C=O) groups is 1. The van der Waals surface area contributed by atoms with Gasteiger partial charge in [0.15, 0.2) is 5.13 Å². The number of benzene rings is 1.